The SMILES string of the molecule is COc1ccccc1CC(=O)N1CCC(Nc2ncccc2Cl)CC1. The summed E-state index contributed by atoms with van der Waals surface area (Å²) in [6, 6.07) is 11.6. The number of hydrogen-bond donors (Lipinski definition) is 1. The van der Waals surface area contributed by atoms with Crippen molar-refractivity contribution in [3.63, 3.8) is 0 Å². The zero-order valence-corrected chi connectivity index (χ0v) is 15.0. The third kappa shape index (κ3) is 4.42. The van der Waals surface area contributed by atoms with Crippen molar-refractivity contribution in [3.05, 3.63) is 53.2 Å². The van der Waals surface area contributed by atoms with Gasteiger partial charge in [0.25, 0.3) is 0 Å². The smallest absolute Gasteiger partial charge is 0.227 e. The van der Waals surface area contributed by atoms with Crippen LogP contribution in [0.15, 0.2) is 42.6 Å². The van der Waals surface area contributed by atoms with Crippen molar-refractivity contribution in [1.29, 1.82) is 0 Å². The third-order valence-corrected chi connectivity index (χ3v) is 4.79. The van der Waals surface area contributed by atoms with Gasteiger partial charge in [0.05, 0.1) is 18.6 Å². The van der Waals surface area contributed by atoms with E-state index in [0.717, 1.165) is 37.2 Å². The molecular weight excluding hydrogens is 338 g/mol. The van der Waals surface area contributed by atoms with E-state index in [4.69, 9.17) is 16.3 Å². The predicted octanol–water partition coefficient (Wildman–Crippen LogP) is 3.39. The van der Waals surface area contributed by atoms with Gasteiger partial charge in [-0.3, -0.25) is 4.79 Å². The lowest BCUT2D eigenvalue weighted by Crippen LogP contribution is -2.43. The zero-order chi connectivity index (χ0) is 17.6. The Morgan fingerprint density at radius 3 is 2.76 bits per heavy atom. The quantitative estimate of drug-likeness (QED) is 0.889. The highest BCUT2D eigenvalue weighted by Crippen LogP contribution is 2.23. The number of rotatable bonds is 5. The van der Waals surface area contributed by atoms with Crippen LogP contribution >= 0.6 is 11.6 Å². The molecule has 0 atom stereocenters. The van der Waals surface area contributed by atoms with Gasteiger partial charge in [0.2, 0.25) is 5.91 Å². The first-order valence-corrected chi connectivity index (χ1v) is 8.82. The van der Waals surface area contributed by atoms with Gasteiger partial charge in [0, 0.05) is 30.9 Å². The van der Waals surface area contributed by atoms with Crippen molar-refractivity contribution in [3.8, 4) is 5.75 Å². The number of carbonyl (C=O) groups excluding carboxylic acids is 1. The predicted molar refractivity (Wildman–Crippen MR) is 99.2 cm³/mol. The summed E-state index contributed by atoms with van der Waals surface area (Å²) >= 11 is 6.14. The first-order chi connectivity index (χ1) is 12.2. The average molecular weight is 360 g/mol. The van der Waals surface area contributed by atoms with Gasteiger partial charge < -0.3 is 15.0 Å². The van der Waals surface area contributed by atoms with Crippen molar-refractivity contribution < 1.29 is 9.53 Å². The van der Waals surface area contributed by atoms with E-state index in [1.54, 1.807) is 13.3 Å². The van der Waals surface area contributed by atoms with Crippen molar-refractivity contribution in [1.82, 2.24) is 9.88 Å². The van der Waals surface area contributed by atoms with Gasteiger partial charge in [-0.2, -0.15) is 0 Å². The fourth-order valence-electron chi connectivity index (χ4n) is 3.08. The Balaban J connectivity index is 1.53. The highest BCUT2D eigenvalue weighted by atomic mass is 35.5. The largest absolute Gasteiger partial charge is 0.496 e. The Labute approximate surface area is 153 Å². The number of likely N-dealkylation sites (tertiary alicyclic amines) is 1. The molecule has 1 aliphatic heterocycles. The maximum atomic E-state index is 12.6. The highest BCUT2D eigenvalue weighted by molar-refractivity contribution is 6.32. The van der Waals surface area contributed by atoms with Gasteiger partial charge in [-0.25, -0.2) is 4.98 Å². The molecule has 1 amide bonds. The minimum atomic E-state index is 0.138. The number of ether oxygens (including phenoxy) is 1. The van der Waals surface area contributed by atoms with Crippen molar-refractivity contribution >= 4 is 23.3 Å². The summed E-state index contributed by atoms with van der Waals surface area (Å²) in [5, 5.41) is 4.00. The molecule has 1 saturated heterocycles. The highest BCUT2D eigenvalue weighted by Gasteiger charge is 2.24. The fourth-order valence-corrected chi connectivity index (χ4v) is 3.26. The van der Waals surface area contributed by atoms with Crippen molar-refractivity contribution in [2.24, 2.45) is 0 Å². The van der Waals surface area contributed by atoms with Crippen molar-refractivity contribution in [2.45, 2.75) is 25.3 Å². The molecule has 1 aromatic heterocycles. The van der Waals surface area contributed by atoms with Crippen LogP contribution in [0.25, 0.3) is 0 Å². The second-order valence-corrected chi connectivity index (χ2v) is 6.53. The Morgan fingerprint density at radius 2 is 2.04 bits per heavy atom. The molecule has 25 heavy (non-hydrogen) atoms. The molecule has 6 heteroatoms. The molecule has 0 unspecified atom stereocenters. The minimum Gasteiger partial charge on any atom is -0.496 e. The third-order valence-electron chi connectivity index (χ3n) is 4.48. The molecule has 0 aliphatic carbocycles. The van der Waals surface area contributed by atoms with Gasteiger partial charge >= 0.3 is 0 Å². The Kier molecular flexibility index (Phi) is 5.76. The monoisotopic (exact) mass is 359 g/mol. The molecule has 1 aliphatic rings. The number of pyridine rings is 1. The van der Waals surface area contributed by atoms with Crippen LogP contribution in [-0.4, -0.2) is 42.0 Å². The normalized spacial score (nSPS) is 15.0. The van der Waals surface area contributed by atoms with Crippen molar-refractivity contribution in [2.75, 3.05) is 25.5 Å². The van der Waals surface area contributed by atoms with Crippen LogP contribution in [0, 0.1) is 0 Å². The van der Waals surface area contributed by atoms with E-state index in [9.17, 15) is 4.79 Å². The second-order valence-electron chi connectivity index (χ2n) is 6.12. The van der Waals surface area contributed by atoms with E-state index < -0.39 is 0 Å². The topological polar surface area (TPSA) is 54.5 Å². The van der Waals surface area contributed by atoms with Crippen LogP contribution in [0.5, 0.6) is 5.75 Å². The average Bonchev–Trinajstić information content (AvgIpc) is 2.64. The number of nitrogens with zero attached hydrogens (tertiary/aromatic N) is 2. The molecule has 3 rings (SSSR count). The number of methoxy groups -OCH3 is 1. The number of nitrogens with one attached hydrogen (secondary N) is 1. The first kappa shape index (κ1) is 17.5. The lowest BCUT2D eigenvalue weighted by atomic mass is 10.0. The molecule has 1 fully saturated rings. The summed E-state index contributed by atoms with van der Waals surface area (Å²) < 4.78 is 5.33. The summed E-state index contributed by atoms with van der Waals surface area (Å²) in [4.78, 5) is 18.8. The maximum absolute atomic E-state index is 12.6. The number of anilines is 1. The molecule has 132 valence electrons. The molecule has 1 aromatic carbocycles. The number of carbonyl (C=O) groups is 1. The van der Waals surface area contributed by atoms with Crippen LogP contribution in [0.4, 0.5) is 5.82 Å². The van der Waals surface area contributed by atoms with Crippen LogP contribution in [0.1, 0.15) is 18.4 Å². The Hall–Kier alpha value is -2.27. The summed E-state index contributed by atoms with van der Waals surface area (Å²) in [5.74, 6) is 1.61. The van der Waals surface area contributed by atoms with E-state index >= 15 is 0 Å². The number of amides is 1. The summed E-state index contributed by atoms with van der Waals surface area (Å²) in [5.41, 5.74) is 0.926. The lowest BCUT2D eigenvalue weighted by Gasteiger charge is -2.33. The van der Waals surface area contributed by atoms with E-state index in [2.05, 4.69) is 10.3 Å². The molecule has 0 radical (unpaired) electrons. The van der Waals surface area contributed by atoms with E-state index in [0.29, 0.717) is 17.3 Å². The molecule has 5 nitrogen and oxygen atoms in total. The van der Waals surface area contributed by atoms with Gasteiger partial charge in [-0.05, 0) is 31.0 Å². The number of aromatic nitrogens is 1. The molecular formula is C19H22ClN3O2. The number of piperidine rings is 1. The Morgan fingerprint density at radius 1 is 1.28 bits per heavy atom. The molecule has 2 aromatic rings. The number of hydrogen-bond acceptors (Lipinski definition) is 4. The maximum Gasteiger partial charge on any atom is 0.227 e. The first-order valence-electron chi connectivity index (χ1n) is 8.44. The van der Waals surface area contributed by atoms with E-state index in [1.165, 1.54) is 0 Å². The van der Waals surface area contributed by atoms with Crippen LogP contribution in [-0.2, 0) is 11.2 Å². The molecule has 1 N–H and O–H groups in total. The van der Waals surface area contributed by atoms with Gasteiger partial charge in [-0.15, -0.1) is 0 Å². The fraction of sp³-hybridized carbons (Fsp3) is 0.368. The minimum absolute atomic E-state index is 0.138. The standard InChI is InChI=1S/C19H22ClN3O2/c1-25-17-7-3-2-5-14(17)13-18(24)23-11-8-15(9-12-23)22-19-16(20)6-4-10-21-19/h2-7,10,15H,8-9,11-13H2,1H3,(H,21,22). The summed E-state index contributed by atoms with van der Waals surface area (Å²) in [6.07, 6.45) is 3.85. The molecule has 2 heterocycles. The second kappa shape index (κ2) is 8.21. The van der Waals surface area contributed by atoms with Gasteiger partial charge in [0.1, 0.15) is 11.6 Å². The molecule has 0 saturated carbocycles. The number of para-hydroxylation sites is 1. The van der Waals surface area contributed by atoms with Crippen LogP contribution < -0.4 is 10.1 Å². The number of halogens is 1. The lowest BCUT2D eigenvalue weighted by molar-refractivity contribution is -0.131. The number of benzene rings is 1. The summed E-state index contributed by atoms with van der Waals surface area (Å²) in [7, 11) is 1.63. The molecule has 0 spiro atoms. The zero-order valence-electron chi connectivity index (χ0n) is 14.2. The van der Waals surface area contributed by atoms with E-state index in [-0.39, 0.29) is 11.9 Å². The van der Waals surface area contributed by atoms with Crippen LogP contribution in [0.2, 0.25) is 5.02 Å². The Bertz CT molecular complexity index is 730. The van der Waals surface area contributed by atoms with E-state index in [1.807, 2.05) is 41.3 Å². The van der Waals surface area contributed by atoms with Gasteiger partial charge in [-0.1, -0.05) is 29.8 Å². The van der Waals surface area contributed by atoms with Crippen LogP contribution in [0.3, 0.4) is 0 Å². The summed E-state index contributed by atoms with van der Waals surface area (Å²) in [6.45, 7) is 1.46. The van der Waals surface area contributed by atoms with Gasteiger partial charge in [0.15, 0.2) is 0 Å². The molecule has 0 bridgehead atoms.